The number of anilines is 1. The van der Waals surface area contributed by atoms with E-state index in [2.05, 4.69) is 5.32 Å². The fourth-order valence-electron chi connectivity index (χ4n) is 2.20. The van der Waals surface area contributed by atoms with Gasteiger partial charge in [-0.15, -0.1) is 11.3 Å². The van der Waals surface area contributed by atoms with Gasteiger partial charge in [0.05, 0.1) is 10.0 Å². The van der Waals surface area contributed by atoms with E-state index < -0.39 is 11.8 Å². The van der Waals surface area contributed by atoms with Crippen LogP contribution in [0.2, 0.25) is 15.1 Å². The van der Waals surface area contributed by atoms with E-state index in [0.29, 0.717) is 36.3 Å². The van der Waals surface area contributed by atoms with Crippen LogP contribution in [0.25, 0.3) is 10.1 Å². The van der Waals surface area contributed by atoms with Crippen molar-refractivity contribution in [2.24, 2.45) is 5.73 Å². The quantitative estimate of drug-likeness (QED) is 0.634. The van der Waals surface area contributed by atoms with E-state index in [-0.39, 0.29) is 5.02 Å². The summed E-state index contributed by atoms with van der Waals surface area (Å²) < 4.78 is 0.716. The molecule has 0 fully saturated rings. The van der Waals surface area contributed by atoms with Gasteiger partial charge >= 0.3 is 0 Å². The largest absolute Gasteiger partial charge is 0.366 e. The lowest BCUT2D eigenvalue weighted by atomic mass is 10.2. The second kappa shape index (κ2) is 6.61. The van der Waals surface area contributed by atoms with E-state index in [0.717, 1.165) is 0 Å². The Morgan fingerprint density at radius 3 is 2.54 bits per heavy atom. The fraction of sp³-hybridized carbons (Fsp3) is 0. The van der Waals surface area contributed by atoms with Crippen LogP contribution < -0.4 is 11.1 Å². The van der Waals surface area contributed by atoms with Crippen LogP contribution in [0.1, 0.15) is 20.0 Å². The van der Waals surface area contributed by atoms with E-state index in [1.54, 1.807) is 30.3 Å². The maximum absolute atomic E-state index is 12.5. The average Bonchev–Trinajstić information content (AvgIpc) is 2.84. The lowest BCUT2D eigenvalue weighted by Gasteiger charge is -2.05. The second-order valence-electron chi connectivity index (χ2n) is 4.91. The number of nitrogens with two attached hydrogens (primary N) is 1. The molecule has 1 aromatic heterocycles. The number of carbonyl (C=O) groups excluding carboxylic acids is 2. The Kier molecular flexibility index (Phi) is 4.69. The monoisotopic (exact) mass is 398 g/mol. The molecule has 0 saturated carbocycles. The van der Waals surface area contributed by atoms with Crippen LogP contribution in [0.5, 0.6) is 0 Å². The Labute approximate surface area is 156 Å². The number of nitrogens with one attached hydrogen (secondary N) is 1. The van der Waals surface area contributed by atoms with E-state index in [1.165, 1.54) is 17.4 Å². The Morgan fingerprint density at radius 2 is 1.83 bits per heavy atom. The molecule has 3 N–H and O–H groups in total. The normalized spacial score (nSPS) is 10.8. The van der Waals surface area contributed by atoms with Crippen molar-refractivity contribution in [3.8, 4) is 0 Å². The summed E-state index contributed by atoms with van der Waals surface area (Å²) in [5, 5.41) is 4.39. The SMILES string of the molecule is NC(=O)c1cccc(NC(=O)c2sc3cc(Cl)cc(Cl)c3c2Cl)c1. The first-order valence-corrected chi connectivity index (χ1v) is 8.60. The highest BCUT2D eigenvalue weighted by Crippen LogP contribution is 2.41. The number of amides is 2. The molecule has 0 aliphatic rings. The number of thiophene rings is 1. The molecule has 1 heterocycles. The van der Waals surface area contributed by atoms with Crippen LogP contribution in [0, 0.1) is 0 Å². The van der Waals surface area contributed by atoms with Crippen LogP contribution in [-0.2, 0) is 0 Å². The van der Waals surface area contributed by atoms with Crippen molar-refractivity contribution in [1.82, 2.24) is 0 Å². The van der Waals surface area contributed by atoms with E-state index in [4.69, 9.17) is 40.5 Å². The minimum absolute atomic E-state index is 0.264. The topological polar surface area (TPSA) is 72.2 Å². The second-order valence-corrected chi connectivity index (χ2v) is 7.18. The Morgan fingerprint density at radius 1 is 1.08 bits per heavy atom. The zero-order valence-electron chi connectivity index (χ0n) is 11.9. The maximum Gasteiger partial charge on any atom is 0.267 e. The van der Waals surface area contributed by atoms with Gasteiger partial charge < -0.3 is 11.1 Å². The highest BCUT2D eigenvalue weighted by Gasteiger charge is 2.20. The standard InChI is InChI=1S/C16H9Cl3N2O2S/c17-8-5-10(18)12-11(6-8)24-14(13(12)19)16(23)21-9-3-1-2-7(4-9)15(20)22/h1-6H,(H2,20,22)(H,21,23). The van der Waals surface area contributed by atoms with E-state index >= 15 is 0 Å². The van der Waals surface area contributed by atoms with Crippen molar-refractivity contribution in [3.05, 3.63) is 61.9 Å². The van der Waals surface area contributed by atoms with Gasteiger partial charge in [-0.1, -0.05) is 40.9 Å². The van der Waals surface area contributed by atoms with Crippen molar-refractivity contribution < 1.29 is 9.59 Å². The number of fused-ring (bicyclic) bond motifs is 1. The molecule has 0 aliphatic carbocycles. The third-order valence-corrected chi connectivity index (χ3v) is 5.40. The lowest BCUT2D eigenvalue weighted by molar-refractivity contribution is 0.0996. The number of hydrogen-bond acceptors (Lipinski definition) is 3. The van der Waals surface area contributed by atoms with Gasteiger partial charge in [0.15, 0.2) is 0 Å². The molecule has 0 aliphatic heterocycles. The first kappa shape index (κ1) is 17.0. The molecule has 0 radical (unpaired) electrons. The van der Waals surface area contributed by atoms with Gasteiger partial charge in [0.2, 0.25) is 5.91 Å². The first-order valence-electron chi connectivity index (χ1n) is 6.65. The van der Waals surface area contributed by atoms with Gasteiger partial charge in [-0.3, -0.25) is 9.59 Å². The maximum atomic E-state index is 12.5. The molecule has 0 spiro atoms. The predicted molar refractivity (Wildman–Crippen MR) is 99.8 cm³/mol. The van der Waals surface area contributed by atoms with Gasteiger partial charge in [-0.2, -0.15) is 0 Å². The molecule has 0 unspecified atom stereocenters. The summed E-state index contributed by atoms with van der Waals surface area (Å²) in [5.74, 6) is -0.984. The molecule has 0 atom stereocenters. The molecular formula is C16H9Cl3N2O2S. The van der Waals surface area contributed by atoms with Gasteiger partial charge in [-0.05, 0) is 30.3 Å². The van der Waals surface area contributed by atoms with Crippen molar-refractivity contribution in [2.45, 2.75) is 0 Å². The summed E-state index contributed by atoms with van der Waals surface area (Å²) >= 11 is 19.6. The number of hydrogen-bond donors (Lipinski definition) is 2. The number of primary amides is 1. The molecule has 3 rings (SSSR count). The molecule has 0 saturated heterocycles. The summed E-state index contributed by atoms with van der Waals surface area (Å²) in [4.78, 5) is 24.0. The molecular weight excluding hydrogens is 391 g/mol. The van der Waals surface area contributed by atoms with Crippen LogP contribution in [0.3, 0.4) is 0 Å². The number of benzene rings is 2. The smallest absolute Gasteiger partial charge is 0.267 e. The third kappa shape index (κ3) is 3.21. The molecule has 2 aromatic carbocycles. The molecule has 24 heavy (non-hydrogen) atoms. The number of halogens is 3. The molecule has 8 heteroatoms. The van der Waals surface area contributed by atoms with Crippen molar-refractivity contribution >= 4 is 73.7 Å². The first-order chi connectivity index (χ1) is 11.4. The highest BCUT2D eigenvalue weighted by atomic mass is 35.5. The molecule has 2 amide bonds. The molecule has 122 valence electrons. The lowest BCUT2D eigenvalue weighted by Crippen LogP contribution is -2.13. The van der Waals surface area contributed by atoms with Gasteiger partial charge in [-0.25, -0.2) is 0 Å². The highest BCUT2D eigenvalue weighted by molar-refractivity contribution is 7.21. The van der Waals surface area contributed by atoms with E-state index in [9.17, 15) is 9.59 Å². The summed E-state index contributed by atoms with van der Waals surface area (Å²) in [6.07, 6.45) is 0. The number of carbonyl (C=O) groups is 2. The van der Waals surface area contributed by atoms with Gasteiger partial charge in [0.1, 0.15) is 4.88 Å². The summed E-state index contributed by atoms with van der Waals surface area (Å²) in [6, 6.07) is 9.59. The minimum Gasteiger partial charge on any atom is -0.366 e. The Balaban J connectivity index is 1.97. The number of rotatable bonds is 3. The Hall–Kier alpha value is -1.79. The summed E-state index contributed by atoms with van der Waals surface area (Å²) in [6.45, 7) is 0. The van der Waals surface area contributed by atoms with Crippen molar-refractivity contribution in [1.29, 1.82) is 0 Å². The Bertz CT molecular complexity index is 985. The average molecular weight is 400 g/mol. The zero-order valence-corrected chi connectivity index (χ0v) is 15.0. The molecule has 0 bridgehead atoms. The van der Waals surface area contributed by atoms with Crippen LogP contribution >= 0.6 is 46.1 Å². The van der Waals surface area contributed by atoms with Crippen molar-refractivity contribution in [2.75, 3.05) is 5.32 Å². The summed E-state index contributed by atoms with van der Waals surface area (Å²) in [5.41, 5.74) is 5.97. The van der Waals surface area contributed by atoms with Crippen LogP contribution in [0.15, 0.2) is 36.4 Å². The van der Waals surface area contributed by atoms with Crippen molar-refractivity contribution in [3.63, 3.8) is 0 Å². The van der Waals surface area contributed by atoms with E-state index in [1.807, 2.05) is 0 Å². The van der Waals surface area contributed by atoms with Gasteiger partial charge in [0.25, 0.3) is 5.91 Å². The summed E-state index contributed by atoms with van der Waals surface area (Å²) in [7, 11) is 0. The fourth-order valence-corrected chi connectivity index (χ4v) is 4.47. The van der Waals surface area contributed by atoms with Gasteiger partial charge in [0, 0.05) is 26.4 Å². The third-order valence-electron chi connectivity index (χ3n) is 3.26. The molecule has 4 nitrogen and oxygen atoms in total. The van der Waals surface area contributed by atoms with Crippen LogP contribution in [-0.4, -0.2) is 11.8 Å². The minimum atomic E-state index is -0.576. The zero-order chi connectivity index (χ0) is 17.4. The van der Waals surface area contributed by atoms with Crippen LogP contribution in [0.4, 0.5) is 5.69 Å². The predicted octanol–water partition coefficient (Wildman–Crippen LogP) is 5.21. The molecule has 3 aromatic rings.